The highest BCUT2D eigenvalue weighted by atomic mass is 19.1. The molecule has 0 aliphatic rings. The van der Waals surface area contributed by atoms with Gasteiger partial charge < -0.3 is 10.4 Å². The fraction of sp³-hybridized carbons (Fsp3) is 0.188. The molecule has 1 aromatic heterocycles. The molecule has 0 unspecified atom stereocenters. The van der Waals surface area contributed by atoms with Crippen LogP contribution < -0.4 is 5.32 Å². The van der Waals surface area contributed by atoms with Gasteiger partial charge in [0.25, 0.3) is 5.91 Å². The maximum Gasteiger partial charge on any atom is 0.303 e. The highest BCUT2D eigenvalue weighted by Crippen LogP contribution is 2.26. The Balaban J connectivity index is 1.41. The van der Waals surface area contributed by atoms with E-state index in [-0.39, 0.29) is 24.2 Å². The SMILES string of the molecule is C[C@H](NC(=O)c1ccc2nc(-c3ccc(F)cc3)c(CCCCC(=O)O)nc2c1)c1ccc2ccccc2c1. The number of nitrogens with zero attached hydrogens (tertiary/aromatic N) is 2. The largest absolute Gasteiger partial charge is 0.481 e. The van der Waals surface area contributed by atoms with Crippen molar-refractivity contribution in [2.24, 2.45) is 0 Å². The number of unbranched alkanes of at least 4 members (excludes halogenated alkanes) is 1. The zero-order chi connectivity index (χ0) is 27.4. The summed E-state index contributed by atoms with van der Waals surface area (Å²) >= 11 is 0. The summed E-state index contributed by atoms with van der Waals surface area (Å²) in [6.07, 6.45) is 1.71. The van der Waals surface area contributed by atoms with Gasteiger partial charge in [-0.05, 0) is 91.1 Å². The number of halogens is 1. The van der Waals surface area contributed by atoms with Crippen LogP contribution in [0.2, 0.25) is 0 Å². The number of nitrogens with one attached hydrogen (secondary N) is 1. The fourth-order valence-electron chi connectivity index (χ4n) is 4.65. The Kier molecular flexibility index (Phi) is 7.59. The Morgan fingerprint density at radius 3 is 2.41 bits per heavy atom. The van der Waals surface area contributed by atoms with Crippen LogP contribution in [-0.4, -0.2) is 27.0 Å². The van der Waals surface area contributed by atoms with E-state index in [0.717, 1.165) is 21.9 Å². The lowest BCUT2D eigenvalue weighted by Crippen LogP contribution is -2.26. The van der Waals surface area contributed by atoms with Crippen LogP contribution >= 0.6 is 0 Å². The highest BCUT2D eigenvalue weighted by molar-refractivity contribution is 5.97. The number of carboxylic acid groups (broad SMARTS) is 1. The van der Waals surface area contributed by atoms with E-state index in [1.165, 1.54) is 12.1 Å². The number of carboxylic acids is 1. The van der Waals surface area contributed by atoms with Crippen molar-refractivity contribution in [2.75, 3.05) is 0 Å². The van der Waals surface area contributed by atoms with E-state index in [0.29, 0.717) is 47.2 Å². The predicted octanol–water partition coefficient (Wildman–Crippen LogP) is 6.88. The van der Waals surface area contributed by atoms with Gasteiger partial charge in [-0.15, -0.1) is 0 Å². The van der Waals surface area contributed by atoms with Crippen LogP contribution in [-0.2, 0) is 11.2 Å². The molecule has 0 radical (unpaired) electrons. The maximum atomic E-state index is 13.5. The number of hydrogen-bond acceptors (Lipinski definition) is 4. The van der Waals surface area contributed by atoms with E-state index in [1.807, 2.05) is 25.1 Å². The second kappa shape index (κ2) is 11.4. The fourth-order valence-corrected chi connectivity index (χ4v) is 4.65. The van der Waals surface area contributed by atoms with Gasteiger partial charge in [-0.1, -0.05) is 36.4 Å². The van der Waals surface area contributed by atoms with Gasteiger partial charge in [0.05, 0.1) is 28.5 Å². The summed E-state index contributed by atoms with van der Waals surface area (Å²) in [5.74, 6) is -1.40. The summed E-state index contributed by atoms with van der Waals surface area (Å²) in [5.41, 5.74) is 4.69. The molecule has 7 heteroatoms. The molecule has 5 rings (SSSR count). The quantitative estimate of drug-likeness (QED) is 0.206. The monoisotopic (exact) mass is 521 g/mol. The van der Waals surface area contributed by atoms with E-state index >= 15 is 0 Å². The van der Waals surface area contributed by atoms with Gasteiger partial charge in [-0.3, -0.25) is 9.59 Å². The molecule has 0 saturated heterocycles. The lowest BCUT2D eigenvalue weighted by Gasteiger charge is -2.16. The molecule has 0 spiro atoms. The van der Waals surface area contributed by atoms with Gasteiger partial charge in [0.2, 0.25) is 0 Å². The molecule has 0 bridgehead atoms. The smallest absolute Gasteiger partial charge is 0.303 e. The first-order chi connectivity index (χ1) is 18.9. The molecule has 0 aliphatic heterocycles. The molecular weight excluding hydrogens is 493 g/mol. The predicted molar refractivity (Wildman–Crippen MR) is 150 cm³/mol. The lowest BCUT2D eigenvalue weighted by atomic mass is 10.0. The summed E-state index contributed by atoms with van der Waals surface area (Å²) in [5, 5.41) is 14.3. The molecule has 0 aliphatic carbocycles. The van der Waals surface area contributed by atoms with Gasteiger partial charge in [0, 0.05) is 17.5 Å². The second-order valence-electron chi connectivity index (χ2n) is 9.63. The number of carbonyl (C=O) groups is 2. The number of hydrogen-bond donors (Lipinski definition) is 2. The van der Waals surface area contributed by atoms with Crippen LogP contribution in [0.3, 0.4) is 0 Å². The minimum atomic E-state index is -0.841. The van der Waals surface area contributed by atoms with Gasteiger partial charge in [0.1, 0.15) is 5.82 Å². The molecule has 6 nitrogen and oxygen atoms in total. The minimum Gasteiger partial charge on any atom is -0.481 e. The number of aromatic nitrogens is 2. The molecule has 5 aromatic rings. The number of amides is 1. The molecular formula is C32H28FN3O3. The van der Waals surface area contributed by atoms with Crippen LogP contribution in [0.1, 0.15) is 53.8 Å². The number of aliphatic carboxylic acids is 1. The topological polar surface area (TPSA) is 92.2 Å². The van der Waals surface area contributed by atoms with Crippen molar-refractivity contribution in [3.05, 3.63) is 108 Å². The number of fused-ring (bicyclic) bond motifs is 2. The normalized spacial score (nSPS) is 11.9. The van der Waals surface area contributed by atoms with Crippen molar-refractivity contribution >= 4 is 33.7 Å². The summed E-state index contributed by atoms with van der Waals surface area (Å²) in [6, 6.07) is 25.3. The second-order valence-corrected chi connectivity index (χ2v) is 9.63. The first-order valence-corrected chi connectivity index (χ1v) is 13.0. The van der Waals surface area contributed by atoms with Gasteiger partial charge >= 0.3 is 5.97 Å². The zero-order valence-corrected chi connectivity index (χ0v) is 21.5. The average molecular weight is 522 g/mol. The van der Waals surface area contributed by atoms with Crippen molar-refractivity contribution < 1.29 is 19.1 Å². The number of aryl methyl sites for hydroxylation is 1. The van der Waals surface area contributed by atoms with Crippen LogP contribution in [0.4, 0.5) is 4.39 Å². The minimum absolute atomic E-state index is 0.0760. The van der Waals surface area contributed by atoms with Crippen LogP contribution in [0.5, 0.6) is 0 Å². The third-order valence-electron chi connectivity index (χ3n) is 6.79. The molecule has 2 N–H and O–H groups in total. The summed E-state index contributed by atoms with van der Waals surface area (Å²) < 4.78 is 13.5. The van der Waals surface area contributed by atoms with E-state index in [1.54, 1.807) is 30.3 Å². The van der Waals surface area contributed by atoms with E-state index in [2.05, 4.69) is 29.6 Å². The molecule has 39 heavy (non-hydrogen) atoms. The van der Waals surface area contributed by atoms with Gasteiger partial charge in [-0.25, -0.2) is 14.4 Å². The Morgan fingerprint density at radius 1 is 0.872 bits per heavy atom. The van der Waals surface area contributed by atoms with Crippen LogP contribution in [0.25, 0.3) is 33.1 Å². The van der Waals surface area contributed by atoms with Crippen molar-refractivity contribution in [1.29, 1.82) is 0 Å². The summed E-state index contributed by atoms with van der Waals surface area (Å²) in [4.78, 5) is 33.7. The van der Waals surface area contributed by atoms with E-state index < -0.39 is 5.97 Å². The molecule has 0 fully saturated rings. The summed E-state index contributed by atoms with van der Waals surface area (Å²) in [7, 11) is 0. The number of benzene rings is 4. The zero-order valence-electron chi connectivity index (χ0n) is 21.5. The molecule has 4 aromatic carbocycles. The third kappa shape index (κ3) is 6.09. The molecule has 0 saturated carbocycles. The van der Waals surface area contributed by atoms with Gasteiger partial charge in [-0.2, -0.15) is 0 Å². The van der Waals surface area contributed by atoms with Crippen molar-refractivity contribution in [3.8, 4) is 11.3 Å². The van der Waals surface area contributed by atoms with Crippen LogP contribution in [0, 0.1) is 5.82 Å². The Labute approximate surface area is 225 Å². The van der Waals surface area contributed by atoms with Crippen molar-refractivity contribution in [1.82, 2.24) is 15.3 Å². The Hall–Kier alpha value is -4.65. The Bertz CT molecular complexity index is 1670. The number of rotatable bonds is 9. The van der Waals surface area contributed by atoms with Gasteiger partial charge in [0.15, 0.2) is 0 Å². The number of carbonyl (C=O) groups excluding carboxylic acids is 1. The molecule has 1 heterocycles. The first kappa shape index (κ1) is 26.0. The Morgan fingerprint density at radius 2 is 1.64 bits per heavy atom. The molecule has 1 amide bonds. The maximum absolute atomic E-state index is 13.5. The third-order valence-corrected chi connectivity index (χ3v) is 6.79. The van der Waals surface area contributed by atoms with E-state index in [4.69, 9.17) is 15.1 Å². The highest BCUT2D eigenvalue weighted by Gasteiger charge is 2.16. The molecule has 196 valence electrons. The van der Waals surface area contributed by atoms with Crippen molar-refractivity contribution in [2.45, 2.75) is 38.6 Å². The lowest BCUT2D eigenvalue weighted by molar-refractivity contribution is -0.137. The van der Waals surface area contributed by atoms with Crippen molar-refractivity contribution in [3.63, 3.8) is 0 Å². The van der Waals surface area contributed by atoms with E-state index in [9.17, 15) is 14.0 Å². The standard InChI is InChI=1S/C32H28FN3O3/c1-20(23-11-10-21-6-2-3-7-24(21)18-23)34-32(39)25-14-17-27-29(19-25)35-28(8-4-5-9-30(37)38)31(36-27)22-12-15-26(33)16-13-22/h2-3,6-7,10-20H,4-5,8-9H2,1H3,(H,34,39)(H,37,38)/t20-/m0/s1. The summed E-state index contributed by atoms with van der Waals surface area (Å²) in [6.45, 7) is 1.95. The average Bonchev–Trinajstić information content (AvgIpc) is 2.94. The van der Waals surface area contributed by atoms with Crippen LogP contribution in [0.15, 0.2) is 84.9 Å². The first-order valence-electron chi connectivity index (χ1n) is 13.0. The molecule has 1 atom stereocenters.